The number of carbonyl (C=O) groups excluding carboxylic acids is 1. The van der Waals surface area contributed by atoms with Crippen LogP contribution in [0.5, 0.6) is 0 Å². The van der Waals surface area contributed by atoms with E-state index in [4.69, 9.17) is 0 Å². The van der Waals surface area contributed by atoms with E-state index in [1.54, 1.807) is 30.3 Å². The maximum absolute atomic E-state index is 11.9. The zero-order valence-electron chi connectivity index (χ0n) is 16.3. The van der Waals surface area contributed by atoms with E-state index in [-0.39, 0.29) is 36.4 Å². The van der Waals surface area contributed by atoms with Gasteiger partial charge in [0.1, 0.15) is 6.54 Å². The third-order valence-electron chi connectivity index (χ3n) is 5.05. The average molecular weight is 505 g/mol. The zero-order chi connectivity index (χ0) is 18.4. The van der Waals surface area contributed by atoms with Gasteiger partial charge in [0.2, 0.25) is 5.91 Å². The summed E-state index contributed by atoms with van der Waals surface area (Å²) in [6, 6.07) is 5.52. The largest absolute Gasteiger partial charge is 0.356 e. The summed E-state index contributed by atoms with van der Waals surface area (Å²) in [5.74, 6) is 0.787. The number of rotatable bonds is 7. The highest BCUT2D eigenvalue weighted by molar-refractivity contribution is 14.0. The van der Waals surface area contributed by atoms with Gasteiger partial charge in [-0.2, -0.15) is 0 Å². The lowest BCUT2D eigenvalue weighted by Crippen LogP contribution is -2.49. The van der Waals surface area contributed by atoms with Gasteiger partial charge in [-0.3, -0.25) is 4.79 Å². The molecule has 27 heavy (non-hydrogen) atoms. The Morgan fingerprint density at radius 3 is 2.63 bits per heavy atom. The minimum absolute atomic E-state index is 0. The lowest BCUT2D eigenvalue weighted by molar-refractivity contribution is -0.127. The molecule has 0 bridgehead atoms. The van der Waals surface area contributed by atoms with E-state index in [0.717, 1.165) is 37.8 Å². The summed E-state index contributed by atoms with van der Waals surface area (Å²) in [4.78, 5) is 22.0. The van der Waals surface area contributed by atoms with Gasteiger partial charge in [-0.05, 0) is 43.6 Å². The van der Waals surface area contributed by atoms with Gasteiger partial charge in [-0.1, -0.05) is 6.07 Å². The quantitative estimate of drug-likeness (QED) is 0.339. The zero-order valence-corrected chi connectivity index (χ0v) is 19.5. The van der Waals surface area contributed by atoms with Gasteiger partial charge in [0.25, 0.3) is 0 Å². The second-order valence-electron chi connectivity index (χ2n) is 7.39. The predicted molar refractivity (Wildman–Crippen MR) is 123 cm³/mol. The van der Waals surface area contributed by atoms with E-state index in [9.17, 15) is 4.79 Å². The van der Waals surface area contributed by atoms with Crippen molar-refractivity contribution in [2.75, 3.05) is 40.3 Å². The Labute approximate surface area is 183 Å². The predicted octanol–water partition coefficient (Wildman–Crippen LogP) is 2.16. The van der Waals surface area contributed by atoms with Gasteiger partial charge in [-0.25, -0.2) is 4.99 Å². The SMILES string of the molecule is CN(C)C(=O)CN=C(NCCc1cccs1)NC1CCN(C2CC2)CC1.I. The number of hydrogen-bond acceptors (Lipinski definition) is 4. The lowest BCUT2D eigenvalue weighted by Gasteiger charge is -2.33. The molecule has 1 aromatic heterocycles. The van der Waals surface area contributed by atoms with Gasteiger partial charge < -0.3 is 20.4 Å². The van der Waals surface area contributed by atoms with Gasteiger partial charge in [0.15, 0.2) is 5.96 Å². The molecule has 2 fully saturated rings. The maximum atomic E-state index is 11.9. The molecule has 1 amide bonds. The maximum Gasteiger partial charge on any atom is 0.243 e. The Morgan fingerprint density at radius 1 is 1.30 bits per heavy atom. The fourth-order valence-corrected chi connectivity index (χ4v) is 3.95. The van der Waals surface area contributed by atoms with Crippen LogP contribution in [0, 0.1) is 0 Å². The molecule has 3 rings (SSSR count). The molecule has 2 heterocycles. The van der Waals surface area contributed by atoms with Crippen LogP contribution in [0.2, 0.25) is 0 Å². The van der Waals surface area contributed by atoms with Crippen molar-refractivity contribution in [2.24, 2.45) is 4.99 Å². The molecule has 1 aromatic rings. The fraction of sp³-hybridized carbons (Fsp3) is 0.684. The first-order chi connectivity index (χ1) is 12.6. The first kappa shape index (κ1) is 22.4. The molecule has 8 heteroatoms. The van der Waals surface area contributed by atoms with E-state index in [1.807, 2.05) is 0 Å². The molecule has 1 saturated heterocycles. The molecule has 152 valence electrons. The molecule has 1 aliphatic heterocycles. The van der Waals surface area contributed by atoms with Crippen LogP contribution < -0.4 is 10.6 Å². The second kappa shape index (κ2) is 11.2. The van der Waals surface area contributed by atoms with Crippen LogP contribution in [-0.2, 0) is 11.2 Å². The van der Waals surface area contributed by atoms with Crippen molar-refractivity contribution in [3.05, 3.63) is 22.4 Å². The standard InChI is InChI=1S/C19H31N5OS.HI/c1-23(2)18(25)14-21-19(20-10-7-17-4-3-13-26-17)22-15-8-11-24(12-9-15)16-5-6-16;/h3-4,13,15-16H,5-12,14H2,1-2H3,(H2,20,21,22);1H. The summed E-state index contributed by atoms with van der Waals surface area (Å²) in [5, 5.41) is 9.07. The van der Waals surface area contributed by atoms with E-state index >= 15 is 0 Å². The van der Waals surface area contributed by atoms with Crippen LogP contribution in [0.15, 0.2) is 22.5 Å². The van der Waals surface area contributed by atoms with E-state index in [2.05, 4.69) is 38.0 Å². The summed E-state index contributed by atoms with van der Waals surface area (Å²) in [6.45, 7) is 3.34. The number of likely N-dealkylation sites (tertiary alicyclic amines) is 1. The number of guanidine groups is 1. The van der Waals surface area contributed by atoms with Crippen LogP contribution in [0.4, 0.5) is 0 Å². The highest BCUT2D eigenvalue weighted by atomic mass is 127. The molecule has 0 spiro atoms. The Morgan fingerprint density at radius 2 is 2.04 bits per heavy atom. The minimum Gasteiger partial charge on any atom is -0.356 e. The Balaban J connectivity index is 0.00000261. The molecule has 0 unspecified atom stereocenters. The number of carbonyl (C=O) groups is 1. The summed E-state index contributed by atoms with van der Waals surface area (Å²) in [6.07, 6.45) is 6.01. The molecule has 1 saturated carbocycles. The van der Waals surface area contributed by atoms with Gasteiger partial charge in [-0.15, -0.1) is 35.3 Å². The van der Waals surface area contributed by atoms with Crippen molar-refractivity contribution < 1.29 is 4.79 Å². The smallest absolute Gasteiger partial charge is 0.243 e. The first-order valence-electron chi connectivity index (χ1n) is 9.63. The van der Waals surface area contributed by atoms with Crippen molar-refractivity contribution >= 4 is 47.2 Å². The molecule has 0 atom stereocenters. The molecular formula is C19H32IN5OS. The number of thiophene rings is 1. The van der Waals surface area contributed by atoms with E-state index in [0.29, 0.717) is 6.04 Å². The van der Waals surface area contributed by atoms with Crippen LogP contribution in [0.3, 0.4) is 0 Å². The van der Waals surface area contributed by atoms with Crippen molar-refractivity contribution in [1.29, 1.82) is 0 Å². The lowest BCUT2D eigenvalue weighted by atomic mass is 10.1. The molecule has 1 aliphatic carbocycles. The number of nitrogens with zero attached hydrogens (tertiary/aromatic N) is 3. The van der Waals surface area contributed by atoms with Crippen LogP contribution in [-0.4, -0.2) is 74.0 Å². The van der Waals surface area contributed by atoms with Crippen molar-refractivity contribution in [1.82, 2.24) is 20.4 Å². The average Bonchev–Trinajstić information content (AvgIpc) is 3.36. The first-order valence-corrected chi connectivity index (χ1v) is 10.5. The Hall–Kier alpha value is -0.870. The molecule has 2 aliphatic rings. The topological polar surface area (TPSA) is 60.0 Å². The second-order valence-corrected chi connectivity index (χ2v) is 8.43. The number of nitrogens with one attached hydrogen (secondary N) is 2. The summed E-state index contributed by atoms with van der Waals surface area (Å²) in [5.41, 5.74) is 0. The van der Waals surface area contributed by atoms with Gasteiger partial charge >= 0.3 is 0 Å². The van der Waals surface area contributed by atoms with Crippen molar-refractivity contribution in [3.8, 4) is 0 Å². The molecule has 2 N–H and O–H groups in total. The molecule has 0 aromatic carbocycles. The van der Waals surface area contributed by atoms with Crippen LogP contribution >= 0.6 is 35.3 Å². The normalized spacial score (nSPS) is 18.7. The summed E-state index contributed by atoms with van der Waals surface area (Å²) >= 11 is 1.77. The fourth-order valence-electron chi connectivity index (χ4n) is 3.24. The highest BCUT2D eigenvalue weighted by Gasteiger charge is 2.31. The van der Waals surface area contributed by atoms with Crippen LogP contribution in [0.1, 0.15) is 30.6 Å². The molecule has 6 nitrogen and oxygen atoms in total. The van der Waals surface area contributed by atoms with Gasteiger partial charge in [0.05, 0.1) is 0 Å². The Kier molecular flexibility index (Phi) is 9.31. The van der Waals surface area contributed by atoms with E-state index < -0.39 is 0 Å². The van der Waals surface area contributed by atoms with Crippen molar-refractivity contribution in [3.63, 3.8) is 0 Å². The Bertz CT molecular complexity index is 595. The number of hydrogen-bond donors (Lipinski definition) is 2. The third kappa shape index (κ3) is 7.57. The summed E-state index contributed by atoms with van der Waals surface area (Å²) in [7, 11) is 3.53. The monoisotopic (exact) mass is 505 g/mol. The van der Waals surface area contributed by atoms with Crippen LogP contribution in [0.25, 0.3) is 0 Å². The number of likely N-dealkylation sites (N-methyl/N-ethyl adjacent to an activating group) is 1. The third-order valence-corrected chi connectivity index (χ3v) is 5.99. The van der Waals surface area contributed by atoms with E-state index in [1.165, 1.54) is 30.8 Å². The molecular weight excluding hydrogens is 473 g/mol. The number of halogens is 1. The molecule has 0 radical (unpaired) electrons. The van der Waals surface area contributed by atoms with Gasteiger partial charge in [0, 0.05) is 50.7 Å². The van der Waals surface area contributed by atoms with Crippen molar-refractivity contribution in [2.45, 2.75) is 44.2 Å². The number of aliphatic imine (C=N–C) groups is 1. The minimum atomic E-state index is 0. The number of amides is 1. The summed E-state index contributed by atoms with van der Waals surface area (Å²) < 4.78 is 0. The highest BCUT2D eigenvalue weighted by Crippen LogP contribution is 2.29. The number of piperidine rings is 1.